The third-order valence-corrected chi connectivity index (χ3v) is 6.26. The summed E-state index contributed by atoms with van der Waals surface area (Å²) in [6, 6.07) is 0.508. The summed E-state index contributed by atoms with van der Waals surface area (Å²) < 4.78 is 6.14. The molecule has 0 aromatic carbocycles. The van der Waals surface area contributed by atoms with Crippen LogP contribution >= 0.6 is 11.3 Å². The van der Waals surface area contributed by atoms with E-state index < -0.39 is 0 Å². The second-order valence-corrected chi connectivity index (χ2v) is 7.43. The van der Waals surface area contributed by atoms with Gasteiger partial charge in [-0.1, -0.05) is 19.3 Å². The Balaban J connectivity index is 1.83. The molecule has 0 radical (unpaired) electrons. The van der Waals surface area contributed by atoms with E-state index in [0.29, 0.717) is 12.0 Å². The lowest BCUT2D eigenvalue weighted by Crippen LogP contribution is -2.20. The minimum atomic E-state index is 0.239. The summed E-state index contributed by atoms with van der Waals surface area (Å²) >= 11 is 1.91. The first-order valence-corrected chi connectivity index (χ1v) is 9.43. The van der Waals surface area contributed by atoms with E-state index in [-0.39, 0.29) is 6.10 Å². The molecule has 1 fully saturated rings. The number of aromatic nitrogens is 1. The monoisotopic (exact) mass is 308 g/mol. The van der Waals surface area contributed by atoms with Crippen molar-refractivity contribution in [2.45, 2.75) is 70.4 Å². The molecule has 2 atom stereocenters. The third kappa shape index (κ3) is 3.33. The average molecular weight is 308 g/mol. The molecule has 1 aromatic heterocycles. The Bertz CT molecular complexity index is 454. The molecule has 0 bridgehead atoms. The van der Waals surface area contributed by atoms with Gasteiger partial charge < -0.3 is 10.1 Å². The Morgan fingerprint density at radius 1 is 1.24 bits per heavy atom. The fraction of sp³-hybridized carbons (Fsp3) is 0.824. The van der Waals surface area contributed by atoms with Crippen LogP contribution < -0.4 is 5.32 Å². The van der Waals surface area contributed by atoms with Crippen molar-refractivity contribution >= 4 is 11.3 Å². The maximum absolute atomic E-state index is 6.14. The largest absolute Gasteiger partial charge is 0.371 e. The van der Waals surface area contributed by atoms with E-state index >= 15 is 0 Å². The molecule has 4 heteroatoms. The Morgan fingerprint density at radius 2 is 2.05 bits per heavy atom. The van der Waals surface area contributed by atoms with Crippen LogP contribution in [0.3, 0.4) is 0 Å². The lowest BCUT2D eigenvalue weighted by atomic mass is 9.85. The van der Waals surface area contributed by atoms with Gasteiger partial charge in [0, 0.05) is 17.5 Å². The predicted octanol–water partition coefficient (Wildman–Crippen LogP) is 4.40. The van der Waals surface area contributed by atoms with Gasteiger partial charge in [-0.3, -0.25) is 0 Å². The normalized spacial score (nSPS) is 24.8. The third-order valence-electron chi connectivity index (χ3n) is 4.98. The molecule has 1 saturated carbocycles. The van der Waals surface area contributed by atoms with E-state index in [2.05, 4.69) is 19.3 Å². The molecule has 21 heavy (non-hydrogen) atoms. The fourth-order valence-corrected chi connectivity index (χ4v) is 5.26. The molecule has 0 spiro atoms. The highest BCUT2D eigenvalue weighted by molar-refractivity contribution is 7.11. The lowest BCUT2D eigenvalue weighted by Gasteiger charge is -2.28. The summed E-state index contributed by atoms with van der Waals surface area (Å²) in [7, 11) is 2.07. The van der Waals surface area contributed by atoms with Gasteiger partial charge in [0.25, 0.3) is 0 Å². The molecule has 0 saturated heterocycles. The number of fused-ring (bicyclic) bond motifs is 1. The van der Waals surface area contributed by atoms with Gasteiger partial charge in [-0.2, -0.15) is 0 Å². The standard InChI is InChI=1S/C17H28N2OS/c1-3-20-15(12-8-5-4-6-9-12)17-19-14-11-7-10-13(18-2)16(14)21-17/h12-13,15,18H,3-11H2,1-2H3. The Morgan fingerprint density at radius 3 is 2.76 bits per heavy atom. The van der Waals surface area contributed by atoms with Crippen LogP contribution in [0.1, 0.15) is 79.6 Å². The van der Waals surface area contributed by atoms with Crippen molar-refractivity contribution in [3.8, 4) is 0 Å². The van der Waals surface area contributed by atoms with Crippen LogP contribution in [0.2, 0.25) is 0 Å². The topological polar surface area (TPSA) is 34.1 Å². The molecule has 0 amide bonds. The zero-order valence-corrected chi connectivity index (χ0v) is 14.2. The first-order valence-electron chi connectivity index (χ1n) is 8.61. The van der Waals surface area contributed by atoms with Gasteiger partial charge in [-0.25, -0.2) is 4.98 Å². The Kier molecular flexibility index (Phi) is 5.30. The zero-order valence-electron chi connectivity index (χ0n) is 13.4. The smallest absolute Gasteiger partial charge is 0.122 e. The van der Waals surface area contributed by atoms with Crippen LogP contribution in [0.25, 0.3) is 0 Å². The fourth-order valence-electron chi connectivity index (χ4n) is 3.86. The number of hydrogen-bond donors (Lipinski definition) is 1. The maximum atomic E-state index is 6.14. The summed E-state index contributed by atoms with van der Waals surface area (Å²) in [5.74, 6) is 0.680. The highest BCUT2D eigenvalue weighted by atomic mass is 32.1. The van der Waals surface area contributed by atoms with Crippen molar-refractivity contribution in [3.05, 3.63) is 15.6 Å². The molecule has 1 aromatic rings. The zero-order chi connectivity index (χ0) is 14.7. The van der Waals surface area contributed by atoms with E-state index in [1.807, 2.05) is 11.3 Å². The van der Waals surface area contributed by atoms with E-state index in [1.54, 1.807) is 0 Å². The van der Waals surface area contributed by atoms with E-state index in [0.717, 1.165) is 13.0 Å². The minimum absolute atomic E-state index is 0.239. The van der Waals surface area contributed by atoms with Crippen LogP contribution in [-0.4, -0.2) is 18.6 Å². The molecule has 118 valence electrons. The minimum Gasteiger partial charge on any atom is -0.371 e. The molecular formula is C17H28N2OS. The summed E-state index contributed by atoms with van der Waals surface area (Å²) in [5.41, 5.74) is 1.33. The second kappa shape index (κ2) is 7.21. The molecule has 3 nitrogen and oxygen atoms in total. The average Bonchev–Trinajstić information content (AvgIpc) is 2.97. The first kappa shape index (κ1) is 15.4. The van der Waals surface area contributed by atoms with Gasteiger partial charge in [0.15, 0.2) is 0 Å². The van der Waals surface area contributed by atoms with Gasteiger partial charge in [-0.15, -0.1) is 11.3 Å². The molecule has 2 aliphatic rings. The first-order chi connectivity index (χ1) is 10.3. The number of rotatable bonds is 5. The van der Waals surface area contributed by atoms with Gasteiger partial charge in [0.1, 0.15) is 11.1 Å². The van der Waals surface area contributed by atoms with Crippen molar-refractivity contribution < 1.29 is 4.74 Å². The summed E-state index contributed by atoms with van der Waals surface area (Å²) in [4.78, 5) is 6.47. The van der Waals surface area contributed by atoms with E-state index in [4.69, 9.17) is 9.72 Å². The number of thiazole rings is 1. The van der Waals surface area contributed by atoms with Crippen LogP contribution in [0.4, 0.5) is 0 Å². The van der Waals surface area contributed by atoms with Crippen molar-refractivity contribution in [3.63, 3.8) is 0 Å². The van der Waals surface area contributed by atoms with E-state index in [9.17, 15) is 0 Å². The molecule has 2 aliphatic carbocycles. The van der Waals surface area contributed by atoms with Crippen molar-refractivity contribution in [1.29, 1.82) is 0 Å². The van der Waals surface area contributed by atoms with Crippen LogP contribution in [0, 0.1) is 5.92 Å². The van der Waals surface area contributed by atoms with Gasteiger partial charge in [-0.05, 0) is 52.0 Å². The van der Waals surface area contributed by atoms with Gasteiger partial charge >= 0.3 is 0 Å². The number of aryl methyl sites for hydroxylation is 1. The second-order valence-electron chi connectivity index (χ2n) is 6.37. The highest BCUT2D eigenvalue weighted by Gasteiger charge is 2.31. The highest BCUT2D eigenvalue weighted by Crippen LogP contribution is 2.42. The number of ether oxygens (including phenoxy) is 1. The van der Waals surface area contributed by atoms with Crippen LogP contribution in [-0.2, 0) is 11.2 Å². The molecule has 3 rings (SSSR count). The molecular weight excluding hydrogens is 280 g/mol. The molecule has 1 heterocycles. The van der Waals surface area contributed by atoms with Crippen molar-refractivity contribution in [2.24, 2.45) is 5.92 Å². The number of nitrogens with zero attached hydrogens (tertiary/aromatic N) is 1. The Hall–Kier alpha value is -0.450. The summed E-state index contributed by atoms with van der Waals surface area (Å²) in [6.45, 7) is 2.90. The van der Waals surface area contributed by atoms with Crippen LogP contribution in [0.15, 0.2) is 0 Å². The van der Waals surface area contributed by atoms with Gasteiger partial charge in [0.05, 0.1) is 5.69 Å². The molecule has 0 aliphatic heterocycles. The van der Waals surface area contributed by atoms with Crippen molar-refractivity contribution in [2.75, 3.05) is 13.7 Å². The SMILES string of the molecule is CCOC(c1nc2c(s1)C(NC)CCC2)C1CCCCC1. The summed E-state index contributed by atoms with van der Waals surface area (Å²) in [6.07, 6.45) is 10.6. The molecule has 2 unspecified atom stereocenters. The lowest BCUT2D eigenvalue weighted by molar-refractivity contribution is 0.00542. The number of hydrogen-bond acceptors (Lipinski definition) is 4. The van der Waals surface area contributed by atoms with Crippen LogP contribution in [0.5, 0.6) is 0 Å². The van der Waals surface area contributed by atoms with Gasteiger partial charge in [0.2, 0.25) is 0 Å². The predicted molar refractivity (Wildman–Crippen MR) is 87.8 cm³/mol. The van der Waals surface area contributed by atoms with Crippen molar-refractivity contribution in [1.82, 2.24) is 10.3 Å². The summed E-state index contributed by atoms with van der Waals surface area (Å²) in [5, 5.41) is 4.70. The quantitative estimate of drug-likeness (QED) is 0.875. The van der Waals surface area contributed by atoms with E-state index in [1.165, 1.54) is 60.5 Å². The number of nitrogens with one attached hydrogen (secondary N) is 1. The maximum Gasteiger partial charge on any atom is 0.122 e. The molecule has 1 N–H and O–H groups in total. The Labute approximate surface area is 132 Å².